The van der Waals surface area contributed by atoms with E-state index in [0.29, 0.717) is 31.6 Å². The summed E-state index contributed by atoms with van der Waals surface area (Å²) in [7, 11) is 1.70. The van der Waals surface area contributed by atoms with Gasteiger partial charge in [0.05, 0.1) is 30.6 Å². The van der Waals surface area contributed by atoms with Gasteiger partial charge in [-0.2, -0.15) is 0 Å². The van der Waals surface area contributed by atoms with Gasteiger partial charge in [0.1, 0.15) is 33.5 Å². The summed E-state index contributed by atoms with van der Waals surface area (Å²) in [5, 5.41) is 11.9. The van der Waals surface area contributed by atoms with E-state index in [1.807, 2.05) is 55.4 Å². The lowest BCUT2D eigenvalue weighted by molar-refractivity contribution is -0.953. The zero-order chi connectivity index (χ0) is 35.4. The molecular weight excluding hydrogens is 640 g/mol. The molecule has 268 valence electrons. The van der Waals surface area contributed by atoms with Crippen molar-refractivity contribution in [2.75, 3.05) is 64.0 Å². The first kappa shape index (κ1) is 37.0. The van der Waals surface area contributed by atoms with Crippen molar-refractivity contribution in [3.63, 3.8) is 0 Å². The van der Waals surface area contributed by atoms with Gasteiger partial charge >= 0.3 is 0 Å². The van der Waals surface area contributed by atoms with Crippen LogP contribution in [-0.2, 0) is 23.0 Å². The van der Waals surface area contributed by atoms with Gasteiger partial charge in [0.15, 0.2) is 9.84 Å². The molecule has 0 amide bonds. The summed E-state index contributed by atoms with van der Waals surface area (Å²) in [5.74, 6) is 0.275. The molecule has 2 atom stereocenters. The smallest absolute Gasteiger partial charge is 0.177 e. The Kier molecular flexibility index (Phi) is 11.7. The van der Waals surface area contributed by atoms with E-state index < -0.39 is 27.1 Å². The minimum absolute atomic E-state index is 0.0159. The van der Waals surface area contributed by atoms with Crippen molar-refractivity contribution in [3.05, 3.63) is 89.0 Å². The summed E-state index contributed by atoms with van der Waals surface area (Å²) in [6.07, 6.45) is 5.13. The number of aliphatic hydroxyl groups excluding tert-OH is 1. The Morgan fingerprint density at radius 2 is 1.48 bits per heavy atom. The molecule has 3 aromatic carbocycles. The zero-order valence-corrected chi connectivity index (χ0v) is 31.8. The van der Waals surface area contributed by atoms with Crippen LogP contribution in [0.2, 0.25) is 17.9 Å². The van der Waals surface area contributed by atoms with Gasteiger partial charge in [-0.25, -0.2) is 8.42 Å². The van der Waals surface area contributed by atoms with Gasteiger partial charge in [0.2, 0.25) is 0 Å². The van der Waals surface area contributed by atoms with Gasteiger partial charge < -0.3 is 19.2 Å². The number of rotatable bonds is 15. The molecule has 2 bridgehead atoms. The molecule has 3 fully saturated rings. The van der Waals surface area contributed by atoms with E-state index in [0.717, 1.165) is 67.4 Å². The van der Waals surface area contributed by atoms with Crippen LogP contribution < -0.4 is 9.64 Å². The van der Waals surface area contributed by atoms with Gasteiger partial charge in [0.25, 0.3) is 0 Å². The highest BCUT2D eigenvalue weighted by Gasteiger charge is 2.50. The first-order valence-electron chi connectivity index (χ1n) is 19.2. The molecule has 7 nitrogen and oxygen atoms in total. The molecule has 0 aromatic heterocycles. The highest BCUT2D eigenvalue weighted by molar-refractivity contribution is 7.91. The number of sulfone groups is 1. The summed E-state index contributed by atoms with van der Waals surface area (Å²) in [4.78, 5) is 4.94. The van der Waals surface area contributed by atoms with Crippen molar-refractivity contribution in [3.8, 4) is 5.75 Å². The van der Waals surface area contributed by atoms with Gasteiger partial charge in [-0.3, -0.25) is 4.90 Å². The summed E-state index contributed by atoms with van der Waals surface area (Å²) < 4.78 is 36.0. The molecule has 0 radical (unpaired) electrons. The lowest BCUT2D eigenvalue weighted by atomic mass is 9.29. The predicted molar refractivity (Wildman–Crippen MR) is 209 cm³/mol. The maximum Gasteiger partial charge on any atom is 0.177 e. The van der Waals surface area contributed by atoms with E-state index in [1.54, 1.807) is 6.07 Å². The van der Waals surface area contributed by atoms with E-state index in [-0.39, 0.29) is 5.75 Å². The van der Waals surface area contributed by atoms with E-state index in [2.05, 4.69) is 43.0 Å². The number of piperazine rings is 3. The normalized spacial score (nSPS) is 24.9. The Morgan fingerprint density at radius 1 is 0.880 bits per heavy atom. The van der Waals surface area contributed by atoms with Crippen LogP contribution in [0.4, 0.5) is 5.69 Å². The van der Waals surface area contributed by atoms with Crippen molar-refractivity contribution in [2.24, 2.45) is 0 Å². The summed E-state index contributed by atoms with van der Waals surface area (Å²) in [5.41, 5.74) is 5.08. The fourth-order valence-corrected chi connectivity index (χ4v) is 11.0. The molecule has 0 unspecified atom stereocenters. The average Bonchev–Trinajstić information content (AvgIpc) is 3.19. The second-order valence-electron chi connectivity index (χ2n) is 15.8. The topological polar surface area (TPSA) is 70.1 Å². The predicted octanol–water partition coefficient (Wildman–Crippen LogP) is 5.68. The van der Waals surface area contributed by atoms with Crippen LogP contribution in [0.5, 0.6) is 5.75 Å². The number of aliphatic hydroxyl groups is 1. The fraction of sp³-hybridized carbons (Fsp3) is 0.550. The molecule has 3 aromatic rings. The molecular formula is C40H58B2N3O4S+. The van der Waals surface area contributed by atoms with E-state index >= 15 is 0 Å². The first-order valence-corrected chi connectivity index (χ1v) is 20.8. The van der Waals surface area contributed by atoms with Crippen molar-refractivity contribution in [1.82, 2.24) is 4.90 Å². The molecule has 10 heteroatoms. The number of nitrogens with zero attached hydrogens (tertiary/aromatic N) is 3. The maximum atomic E-state index is 14.3. The van der Waals surface area contributed by atoms with Crippen LogP contribution in [0, 0.1) is 0 Å². The first-order chi connectivity index (χ1) is 24.1. The SMILES string of the molecule is CCCCBC1(BCCCC)CS(=O)(=O)c2ccc(N(C)C)cc2[C@@H](c2ccc(OCc3ccc(C[N+]45CCN(CC4)CC5)cc3)cc2)[C@H]1O. The number of fused-ring (bicyclic) bond motifs is 4. The third-order valence-electron chi connectivity index (χ3n) is 12.0. The second kappa shape index (κ2) is 15.8. The molecule has 0 spiro atoms. The van der Waals surface area contributed by atoms with Crippen LogP contribution in [0.3, 0.4) is 0 Å². The largest absolute Gasteiger partial charge is 0.489 e. The van der Waals surface area contributed by atoms with Crippen LogP contribution >= 0.6 is 0 Å². The summed E-state index contributed by atoms with van der Waals surface area (Å²) in [6.45, 7) is 13.4. The third kappa shape index (κ3) is 8.14. The Balaban J connectivity index is 1.24. The van der Waals surface area contributed by atoms with E-state index in [9.17, 15) is 13.5 Å². The monoisotopic (exact) mass is 698 g/mol. The number of hydrogen-bond donors (Lipinski definition) is 1. The van der Waals surface area contributed by atoms with E-state index in [1.165, 1.54) is 49.3 Å². The average molecular weight is 699 g/mol. The number of hydrogen-bond acceptors (Lipinski definition) is 6. The molecule has 0 aliphatic carbocycles. The lowest BCUT2D eigenvalue weighted by Gasteiger charge is -2.50. The molecule has 7 rings (SSSR count). The highest BCUT2D eigenvalue weighted by Crippen LogP contribution is 2.49. The second-order valence-corrected chi connectivity index (χ2v) is 17.7. The quantitative estimate of drug-likeness (QED) is 0.125. The van der Waals surface area contributed by atoms with Crippen LogP contribution in [-0.4, -0.2) is 103 Å². The fourth-order valence-electron chi connectivity index (χ4n) is 8.82. The number of anilines is 1. The highest BCUT2D eigenvalue weighted by atomic mass is 32.2. The summed E-state index contributed by atoms with van der Waals surface area (Å²) in [6, 6.07) is 22.6. The van der Waals surface area contributed by atoms with Crippen molar-refractivity contribution in [1.29, 1.82) is 0 Å². The van der Waals surface area contributed by atoms with Gasteiger partial charge in [-0.1, -0.05) is 88.6 Å². The number of unbranched alkanes of at least 4 members (excludes halogenated alkanes) is 2. The number of benzene rings is 3. The maximum absolute atomic E-state index is 14.3. The molecule has 3 saturated heterocycles. The standard InChI is InChI=1S/C40H58B2N3O4S/c1-5-7-19-41-40(42-20-8-6-2)30-50(47,48)37-18-15-34(43(3)4)27-36(37)38(39(40)46)33-13-16-35(17-14-33)49-29-32-11-9-31(10-12-32)28-45-24-21-44(22-25-45)23-26-45/h9-18,27,38-39,41-42,46H,5-8,19-26,28-30H2,1-4H3/q+1/t38-,39-/m1/s1. The Morgan fingerprint density at radius 3 is 2.06 bits per heavy atom. The third-order valence-corrected chi connectivity index (χ3v) is 14.0. The minimum Gasteiger partial charge on any atom is -0.489 e. The van der Waals surface area contributed by atoms with Crippen LogP contribution in [0.1, 0.15) is 67.7 Å². The molecule has 4 heterocycles. The van der Waals surface area contributed by atoms with Crippen LogP contribution in [0.25, 0.3) is 0 Å². The molecule has 4 aliphatic rings. The number of ether oxygens (including phenoxy) is 1. The summed E-state index contributed by atoms with van der Waals surface area (Å²) >= 11 is 0. The molecule has 50 heavy (non-hydrogen) atoms. The van der Waals surface area contributed by atoms with Crippen molar-refractivity contribution in [2.45, 2.75) is 87.5 Å². The molecule has 1 N–H and O–H groups in total. The number of quaternary nitrogens is 1. The Labute approximate surface area is 303 Å². The Hall–Kier alpha value is -2.78. The van der Waals surface area contributed by atoms with E-state index in [4.69, 9.17) is 4.74 Å². The lowest BCUT2D eigenvalue weighted by Crippen LogP contribution is -2.66. The Bertz CT molecular complexity index is 1650. The molecule has 0 saturated carbocycles. The van der Waals surface area contributed by atoms with Gasteiger partial charge in [-0.05, 0) is 52.2 Å². The van der Waals surface area contributed by atoms with Gasteiger partial charge in [-0.15, -0.1) is 0 Å². The minimum atomic E-state index is -3.64. The molecule has 4 aliphatic heterocycles. The van der Waals surface area contributed by atoms with Gasteiger partial charge in [0, 0.05) is 56.7 Å². The zero-order valence-electron chi connectivity index (χ0n) is 30.9. The van der Waals surface area contributed by atoms with Crippen LogP contribution in [0.15, 0.2) is 71.6 Å². The van der Waals surface area contributed by atoms with Crippen molar-refractivity contribution >= 4 is 30.1 Å². The van der Waals surface area contributed by atoms with Crippen molar-refractivity contribution < 1.29 is 22.7 Å².